The quantitative estimate of drug-likeness (QED) is 0.208. The first kappa shape index (κ1) is 32.7. The fraction of sp³-hybridized carbons (Fsp3) is 0.375. The summed E-state index contributed by atoms with van der Waals surface area (Å²) in [6.07, 6.45) is -3.11. The standard InChI is InChI=1S/C32H30ClF4NO6S/c33-28-3-1-2-27(32(35,36)37)26(28)18-44-24-12-8-22(9-13-24)31(45(42,43)25-14-10-23(34)11-15-25)16-17-38(19-31)29(39)20-4-6-21(7-5-20)30(40)41/h1-3,8-15,20-21H,4-7,16-19H2,(H,40,41)/t20?,21?,31-/m0/s1. The van der Waals surface area contributed by atoms with Crippen molar-refractivity contribution in [2.45, 2.75) is 54.5 Å². The zero-order chi connectivity index (χ0) is 32.6. The van der Waals surface area contributed by atoms with Crippen LogP contribution in [-0.4, -0.2) is 43.4 Å². The van der Waals surface area contributed by atoms with E-state index >= 15 is 0 Å². The normalized spacial score (nSPS) is 22.3. The number of carbonyl (C=O) groups excluding carboxylic acids is 1. The van der Waals surface area contributed by atoms with Crippen LogP contribution in [0.25, 0.3) is 0 Å². The summed E-state index contributed by atoms with van der Waals surface area (Å²) in [4.78, 5) is 26.3. The molecule has 1 saturated heterocycles. The number of halogens is 5. The first-order valence-corrected chi connectivity index (χ1v) is 16.2. The molecule has 0 bridgehead atoms. The van der Waals surface area contributed by atoms with E-state index in [1.165, 1.54) is 53.4 Å². The van der Waals surface area contributed by atoms with Gasteiger partial charge in [-0.25, -0.2) is 12.8 Å². The Labute approximate surface area is 262 Å². The second-order valence-corrected chi connectivity index (χ2v) is 14.1. The first-order valence-electron chi connectivity index (χ1n) is 14.3. The van der Waals surface area contributed by atoms with Crippen LogP contribution in [0.1, 0.15) is 48.8 Å². The Balaban J connectivity index is 1.42. The fourth-order valence-electron chi connectivity index (χ4n) is 6.25. The van der Waals surface area contributed by atoms with Crippen molar-refractivity contribution in [2.24, 2.45) is 11.8 Å². The summed E-state index contributed by atoms with van der Waals surface area (Å²) in [5.74, 6) is -2.52. The van der Waals surface area contributed by atoms with E-state index in [4.69, 9.17) is 16.3 Å². The van der Waals surface area contributed by atoms with E-state index in [0.717, 1.165) is 18.2 Å². The van der Waals surface area contributed by atoms with Crippen molar-refractivity contribution in [3.8, 4) is 5.75 Å². The number of hydrogen-bond acceptors (Lipinski definition) is 5. The Morgan fingerprint density at radius 2 is 1.58 bits per heavy atom. The number of carboxylic acids is 1. The van der Waals surface area contributed by atoms with Crippen molar-refractivity contribution in [2.75, 3.05) is 13.1 Å². The molecule has 240 valence electrons. The highest BCUT2D eigenvalue weighted by atomic mass is 35.5. The summed E-state index contributed by atoms with van der Waals surface area (Å²) >= 11 is 6.04. The molecule has 0 spiro atoms. The van der Waals surface area contributed by atoms with Crippen LogP contribution in [0.2, 0.25) is 5.02 Å². The van der Waals surface area contributed by atoms with Gasteiger partial charge < -0.3 is 14.7 Å². The smallest absolute Gasteiger partial charge is 0.416 e. The number of hydrogen-bond donors (Lipinski definition) is 1. The van der Waals surface area contributed by atoms with E-state index in [1.54, 1.807) is 0 Å². The van der Waals surface area contributed by atoms with Gasteiger partial charge in [-0.1, -0.05) is 29.8 Å². The van der Waals surface area contributed by atoms with Gasteiger partial charge in [0.2, 0.25) is 5.91 Å². The highest BCUT2D eigenvalue weighted by Crippen LogP contribution is 2.45. The van der Waals surface area contributed by atoms with E-state index in [0.29, 0.717) is 31.2 Å². The molecule has 0 unspecified atom stereocenters. The molecular weight excluding hydrogens is 638 g/mol. The molecule has 1 N–H and O–H groups in total. The molecule has 1 heterocycles. The van der Waals surface area contributed by atoms with Gasteiger partial charge in [-0.05, 0) is 86.2 Å². The monoisotopic (exact) mass is 667 g/mol. The number of carbonyl (C=O) groups is 2. The fourth-order valence-corrected chi connectivity index (χ4v) is 8.55. The topological polar surface area (TPSA) is 101 Å². The average Bonchev–Trinajstić information content (AvgIpc) is 3.47. The molecule has 1 aliphatic heterocycles. The Bertz CT molecular complexity index is 1670. The minimum atomic E-state index is -4.64. The van der Waals surface area contributed by atoms with E-state index < -0.39 is 56.6 Å². The van der Waals surface area contributed by atoms with Gasteiger partial charge in [-0.15, -0.1) is 0 Å². The predicted molar refractivity (Wildman–Crippen MR) is 157 cm³/mol. The average molecular weight is 668 g/mol. The zero-order valence-electron chi connectivity index (χ0n) is 23.9. The molecule has 2 fully saturated rings. The third-order valence-electron chi connectivity index (χ3n) is 8.80. The summed E-state index contributed by atoms with van der Waals surface area (Å²) in [6.45, 7) is -0.540. The summed E-state index contributed by atoms with van der Waals surface area (Å²) in [5, 5.41) is 9.19. The van der Waals surface area contributed by atoms with Crippen molar-refractivity contribution < 1.29 is 45.4 Å². The highest BCUT2D eigenvalue weighted by Gasteiger charge is 2.52. The number of likely N-dealkylation sites (tertiary alicyclic amines) is 1. The largest absolute Gasteiger partial charge is 0.489 e. The molecule has 13 heteroatoms. The second-order valence-electron chi connectivity index (χ2n) is 11.4. The maximum absolute atomic E-state index is 14.2. The molecule has 1 amide bonds. The maximum atomic E-state index is 14.2. The lowest BCUT2D eigenvalue weighted by Crippen LogP contribution is -2.42. The van der Waals surface area contributed by atoms with E-state index in [2.05, 4.69) is 0 Å². The van der Waals surface area contributed by atoms with E-state index in [9.17, 15) is 40.7 Å². The summed E-state index contributed by atoms with van der Waals surface area (Å²) in [7, 11) is -4.20. The zero-order valence-corrected chi connectivity index (χ0v) is 25.5. The molecule has 1 saturated carbocycles. The van der Waals surface area contributed by atoms with Gasteiger partial charge in [-0.2, -0.15) is 13.2 Å². The predicted octanol–water partition coefficient (Wildman–Crippen LogP) is 6.87. The van der Waals surface area contributed by atoms with Crippen LogP contribution in [0.15, 0.2) is 71.6 Å². The van der Waals surface area contributed by atoms with Crippen LogP contribution < -0.4 is 4.74 Å². The molecule has 45 heavy (non-hydrogen) atoms. The lowest BCUT2D eigenvalue weighted by molar-refractivity contribution is -0.145. The summed E-state index contributed by atoms with van der Waals surface area (Å²) in [5.41, 5.74) is -0.839. The van der Waals surface area contributed by atoms with Crippen LogP contribution >= 0.6 is 11.6 Å². The first-order chi connectivity index (χ1) is 21.2. The number of nitrogens with zero attached hydrogens (tertiary/aromatic N) is 1. The molecule has 0 aromatic heterocycles. The molecule has 3 aromatic rings. The van der Waals surface area contributed by atoms with Crippen LogP contribution in [0, 0.1) is 17.7 Å². The van der Waals surface area contributed by atoms with Crippen molar-refractivity contribution in [3.63, 3.8) is 0 Å². The maximum Gasteiger partial charge on any atom is 0.416 e. The Morgan fingerprint density at radius 3 is 2.18 bits per heavy atom. The molecule has 2 aliphatic rings. The lowest BCUT2D eigenvalue weighted by atomic mass is 9.81. The van der Waals surface area contributed by atoms with Gasteiger partial charge in [0.25, 0.3) is 0 Å². The SMILES string of the molecule is O=C(O)C1CCC(C(=O)N2CC[C@](c3ccc(OCc4c(Cl)cccc4C(F)(F)F)cc3)(S(=O)(=O)c3ccc(F)cc3)C2)CC1. The van der Waals surface area contributed by atoms with Crippen molar-refractivity contribution in [3.05, 3.63) is 94.3 Å². The van der Waals surface area contributed by atoms with Gasteiger partial charge in [0.1, 0.15) is 22.9 Å². The second kappa shape index (κ2) is 12.6. The van der Waals surface area contributed by atoms with Gasteiger partial charge in [0.15, 0.2) is 9.84 Å². The van der Waals surface area contributed by atoms with Gasteiger partial charge in [0.05, 0.1) is 16.4 Å². The molecule has 1 aliphatic carbocycles. The Kier molecular flexibility index (Phi) is 9.19. The van der Waals surface area contributed by atoms with E-state index in [1.807, 2.05) is 0 Å². The number of amides is 1. The van der Waals surface area contributed by atoms with Crippen molar-refractivity contribution in [1.82, 2.24) is 4.90 Å². The molecule has 0 radical (unpaired) electrons. The van der Waals surface area contributed by atoms with Crippen LogP contribution in [0.3, 0.4) is 0 Å². The number of sulfone groups is 1. The Morgan fingerprint density at radius 1 is 0.956 bits per heavy atom. The van der Waals surface area contributed by atoms with Crippen LogP contribution in [0.4, 0.5) is 17.6 Å². The van der Waals surface area contributed by atoms with Gasteiger partial charge in [0, 0.05) is 29.6 Å². The number of rotatable bonds is 8. The van der Waals surface area contributed by atoms with Crippen molar-refractivity contribution in [1.29, 1.82) is 0 Å². The number of benzene rings is 3. The molecule has 3 aromatic carbocycles. The molecular formula is C32H30ClF4NO6S. The third kappa shape index (κ3) is 6.53. The van der Waals surface area contributed by atoms with Gasteiger partial charge in [-0.3, -0.25) is 9.59 Å². The Hall–Kier alpha value is -3.64. The molecule has 1 atom stereocenters. The van der Waals surface area contributed by atoms with Crippen LogP contribution in [0.5, 0.6) is 5.75 Å². The highest BCUT2D eigenvalue weighted by molar-refractivity contribution is 7.92. The van der Waals surface area contributed by atoms with E-state index in [-0.39, 0.29) is 46.6 Å². The molecule has 7 nitrogen and oxygen atoms in total. The van der Waals surface area contributed by atoms with Crippen molar-refractivity contribution >= 4 is 33.3 Å². The number of aliphatic carboxylic acids is 1. The minimum absolute atomic E-state index is 0.0394. The van der Waals surface area contributed by atoms with Gasteiger partial charge >= 0.3 is 12.1 Å². The lowest BCUT2D eigenvalue weighted by Gasteiger charge is -2.32. The third-order valence-corrected chi connectivity index (χ3v) is 11.6. The number of alkyl halides is 3. The number of ether oxygens (including phenoxy) is 1. The summed E-state index contributed by atoms with van der Waals surface area (Å²) < 4.78 is 86.7. The number of carboxylic acid groups (broad SMARTS) is 1. The summed E-state index contributed by atoms with van der Waals surface area (Å²) in [6, 6.07) is 13.7. The van der Waals surface area contributed by atoms with Crippen LogP contribution in [-0.2, 0) is 37.0 Å². The molecule has 5 rings (SSSR count). The minimum Gasteiger partial charge on any atom is -0.489 e.